The van der Waals surface area contributed by atoms with Gasteiger partial charge in [0.2, 0.25) is 0 Å². The van der Waals surface area contributed by atoms with E-state index in [-0.39, 0.29) is 5.75 Å². The molecule has 1 aromatic rings. The highest BCUT2D eigenvalue weighted by molar-refractivity contribution is 9.10. The van der Waals surface area contributed by atoms with Crippen LogP contribution in [-0.4, -0.2) is 30.4 Å². The summed E-state index contributed by atoms with van der Waals surface area (Å²) in [7, 11) is -3.07. The van der Waals surface area contributed by atoms with Crippen molar-refractivity contribution >= 4 is 31.5 Å². The molecule has 6 heteroatoms. The molecule has 0 aromatic carbocycles. The first kappa shape index (κ1) is 14.4. The number of nitrogens with zero attached hydrogens (tertiary/aromatic N) is 1. The van der Waals surface area contributed by atoms with Crippen LogP contribution in [0.25, 0.3) is 0 Å². The number of hydrogen-bond acceptors (Lipinski definition) is 4. The fraction of sp³-hybridized carbons (Fsp3) is 0.545. The molecule has 0 atom stereocenters. The summed E-state index contributed by atoms with van der Waals surface area (Å²) in [6.07, 6.45) is 3.34. The molecule has 0 fully saturated rings. The molecule has 0 bridgehead atoms. The molecule has 0 radical (unpaired) electrons. The van der Waals surface area contributed by atoms with Crippen molar-refractivity contribution in [1.82, 2.24) is 4.98 Å². The maximum Gasteiger partial charge on any atom is 0.156 e. The van der Waals surface area contributed by atoms with Crippen molar-refractivity contribution < 1.29 is 8.42 Å². The molecule has 0 aliphatic heterocycles. The van der Waals surface area contributed by atoms with Crippen molar-refractivity contribution in [1.29, 1.82) is 0 Å². The third kappa shape index (κ3) is 4.27. The van der Waals surface area contributed by atoms with Gasteiger partial charge in [0, 0.05) is 17.2 Å². The van der Waals surface area contributed by atoms with Gasteiger partial charge in [0.25, 0.3) is 0 Å². The Bertz CT molecular complexity index is 480. The first-order valence-electron chi connectivity index (χ1n) is 5.29. The summed E-state index contributed by atoms with van der Waals surface area (Å²) in [4.78, 5) is 3.99. The van der Waals surface area contributed by atoms with Crippen LogP contribution in [-0.2, 0) is 9.84 Å². The molecule has 0 aliphatic carbocycles. The Morgan fingerprint density at radius 2 is 2.00 bits per heavy atom. The van der Waals surface area contributed by atoms with E-state index in [9.17, 15) is 8.42 Å². The number of nitrogens with one attached hydrogen (secondary N) is 1. The number of rotatable bonds is 4. The Morgan fingerprint density at radius 1 is 1.35 bits per heavy atom. The first-order valence-corrected chi connectivity index (χ1v) is 7.74. The Labute approximate surface area is 111 Å². The number of pyridine rings is 1. The van der Waals surface area contributed by atoms with Crippen molar-refractivity contribution in [2.24, 2.45) is 0 Å². The normalized spacial score (nSPS) is 12.5. The van der Waals surface area contributed by atoms with Crippen molar-refractivity contribution in [3.05, 3.63) is 22.9 Å². The molecule has 0 aliphatic rings. The van der Waals surface area contributed by atoms with Gasteiger partial charge in [0.15, 0.2) is 9.84 Å². The summed E-state index contributed by atoms with van der Waals surface area (Å²) in [5.74, 6) is 0.114. The maximum absolute atomic E-state index is 11.8. The van der Waals surface area contributed by atoms with E-state index in [1.165, 1.54) is 0 Å². The number of hydrogen-bond donors (Lipinski definition) is 1. The molecule has 1 heterocycles. The smallest absolute Gasteiger partial charge is 0.156 e. The Balaban J connectivity index is 2.55. The predicted molar refractivity (Wildman–Crippen MR) is 74.0 cm³/mol. The van der Waals surface area contributed by atoms with E-state index < -0.39 is 14.6 Å². The monoisotopic (exact) mass is 320 g/mol. The van der Waals surface area contributed by atoms with Gasteiger partial charge in [0.05, 0.1) is 22.4 Å². The molecule has 0 saturated carbocycles. The minimum Gasteiger partial charge on any atom is -0.383 e. The third-order valence-corrected chi connectivity index (χ3v) is 5.38. The number of halogens is 1. The maximum atomic E-state index is 11.8. The predicted octanol–water partition coefficient (Wildman–Crippen LogP) is 2.47. The van der Waals surface area contributed by atoms with Crippen LogP contribution in [0.1, 0.15) is 20.8 Å². The lowest BCUT2D eigenvalue weighted by Gasteiger charge is -2.19. The largest absolute Gasteiger partial charge is 0.383 e. The molecule has 0 saturated heterocycles. The molecule has 1 N–H and O–H groups in total. The molecule has 0 spiro atoms. The zero-order valence-corrected chi connectivity index (χ0v) is 12.6. The average Bonchev–Trinajstić information content (AvgIpc) is 2.15. The quantitative estimate of drug-likeness (QED) is 0.925. The highest BCUT2D eigenvalue weighted by Gasteiger charge is 2.28. The van der Waals surface area contributed by atoms with Gasteiger partial charge in [-0.1, -0.05) is 0 Å². The van der Waals surface area contributed by atoms with Crippen LogP contribution in [0.2, 0.25) is 0 Å². The summed E-state index contributed by atoms with van der Waals surface area (Å²) in [6, 6.07) is 1.86. The molecule has 1 aromatic heterocycles. The third-order valence-electron chi connectivity index (χ3n) is 2.34. The van der Waals surface area contributed by atoms with Crippen LogP contribution >= 0.6 is 15.9 Å². The molecule has 0 unspecified atom stereocenters. The Hall–Kier alpha value is -0.620. The van der Waals surface area contributed by atoms with E-state index >= 15 is 0 Å². The minimum atomic E-state index is -3.07. The van der Waals surface area contributed by atoms with Crippen molar-refractivity contribution in [2.45, 2.75) is 25.5 Å². The van der Waals surface area contributed by atoms with Crippen LogP contribution in [0.3, 0.4) is 0 Å². The summed E-state index contributed by atoms with van der Waals surface area (Å²) < 4.78 is 23.8. The van der Waals surface area contributed by atoms with Gasteiger partial charge in [-0.3, -0.25) is 4.98 Å². The van der Waals surface area contributed by atoms with Gasteiger partial charge >= 0.3 is 0 Å². The molecule has 96 valence electrons. The molecule has 4 nitrogen and oxygen atoms in total. The van der Waals surface area contributed by atoms with Crippen LogP contribution in [0.4, 0.5) is 5.69 Å². The van der Waals surface area contributed by atoms with Gasteiger partial charge < -0.3 is 5.32 Å². The minimum absolute atomic E-state index is 0.114. The standard InChI is InChI=1S/C11H17BrN2O2S/c1-11(2,3)17(15,16)5-4-14-10-6-9(12)7-13-8-10/h6-8,14H,4-5H2,1-3H3. The second-order valence-corrected chi connectivity index (χ2v) is 8.53. The van der Waals surface area contributed by atoms with Gasteiger partial charge in [-0.05, 0) is 42.8 Å². The molecule has 0 amide bonds. The first-order chi connectivity index (χ1) is 7.72. The molecular weight excluding hydrogens is 304 g/mol. The topological polar surface area (TPSA) is 59.1 Å². The summed E-state index contributed by atoms with van der Waals surface area (Å²) in [5, 5.41) is 3.04. The molecular formula is C11H17BrN2O2S. The van der Waals surface area contributed by atoms with Gasteiger partial charge in [-0.2, -0.15) is 0 Å². The van der Waals surface area contributed by atoms with E-state index in [4.69, 9.17) is 0 Å². The van der Waals surface area contributed by atoms with Crippen LogP contribution in [0.5, 0.6) is 0 Å². The highest BCUT2D eigenvalue weighted by Crippen LogP contribution is 2.17. The van der Waals surface area contributed by atoms with Crippen molar-refractivity contribution in [2.75, 3.05) is 17.6 Å². The zero-order chi connectivity index (χ0) is 13.1. The SMILES string of the molecule is CC(C)(C)S(=O)(=O)CCNc1cncc(Br)c1. The molecule has 17 heavy (non-hydrogen) atoms. The van der Waals surface area contributed by atoms with E-state index in [1.54, 1.807) is 33.2 Å². The number of sulfone groups is 1. The molecule has 1 rings (SSSR count). The lowest BCUT2D eigenvalue weighted by atomic mass is 10.3. The second kappa shape index (κ2) is 5.35. The fourth-order valence-electron chi connectivity index (χ4n) is 1.14. The number of aromatic nitrogens is 1. The van der Waals surface area contributed by atoms with Crippen LogP contribution < -0.4 is 5.32 Å². The average molecular weight is 321 g/mol. The van der Waals surface area contributed by atoms with Crippen molar-refractivity contribution in [3.8, 4) is 0 Å². The van der Waals surface area contributed by atoms with Gasteiger partial charge in [0.1, 0.15) is 0 Å². The van der Waals surface area contributed by atoms with E-state index in [1.807, 2.05) is 6.07 Å². The fourth-order valence-corrected chi connectivity index (χ4v) is 2.49. The van der Waals surface area contributed by atoms with Crippen molar-refractivity contribution in [3.63, 3.8) is 0 Å². The van der Waals surface area contributed by atoms with E-state index in [0.29, 0.717) is 6.54 Å². The van der Waals surface area contributed by atoms with Crippen LogP contribution in [0.15, 0.2) is 22.9 Å². The number of anilines is 1. The summed E-state index contributed by atoms with van der Waals surface area (Å²) >= 11 is 3.30. The van der Waals surface area contributed by atoms with Gasteiger partial charge in [-0.15, -0.1) is 0 Å². The Morgan fingerprint density at radius 3 is 2.53 bits per heavy atom. The summed E-state index contributed by atoms with van der Waals surface area (Å²) in [6.45, 7) is 5.52. The van der Waals surface area contributed by atoms with Crippen LogP contribution in [0, 0.1) is 0 Å². The highest BCUT2D eigenvalue weighted by atomic mass is 79.9. The lowest BCUT2D eigenvalue weighted by Crippen LogP contribution is -2.32. The second-order valence-electron chi connectivity index (χ2n) is 4.75. The summed E-state index contributed by atoms with van der Waals surface area (Å²) in [5.41, 5.74) is 0.809. The zero-order valence-electron chi connectivity index (χ0n) is 10.2. The van der Waals surface area contributed by atoms with E-state index in [2.05, 4.69) is 26.2 Å². The Kier molecular flexibility index (Phi) is 4.55. The lowest BCUT2D eigenvalue weighted by molar-refractivity contribution is 0.560. The van der Waals surface area contributed by atoms with E-state index in [0.717, 1.165) is 10.2 Å². The van der Waals surface area contributed by atoms with Gasteiger partial charge in [-0.25, -0.2) is 8.42 Å².